The smallest absolute Gasteiger partial charge is 0.125 e. The summed E-state index contributed by atoms with van der Waals surface area (Å²) < 4.78 is 5.25. The van der Waals surface area contributed by atoms with Crippen molar-refractivity contribution < 1.29 is 4.74 Å². The Hall–Kier alpha value is -1.29. The molecular weight excluding hydrogens is 202 g/mol. The maximum atomic E-state index is 5.25. The maximum Gasteiger partial charge on any atom is 0.125 e. The normalized spacial score (nSPS) is 20.9. The molecule has 0 bridgehead atoms. The van der Waals surface area contributed by atoms with Gasteiger partial charge in [0.1, 0.15) is 5.82 Å². The molecule has 0 spiro atoms. The summed E-state index contributed by atoms with van der Waals surface area (Å²) in [7, 11) is 0. The lowest BCUT2D eigenvalue weighted by atomic mass is 10.0. The van der Waals surface area contributed by atoms with Crippen LogP contribution in [0.15, 0.2) is 29.5 Å². The largest absolute Gasteiger partial charge is 0.380 e. The second kappa shape index (κ2) is 7.06. The van der Waals surface area contributed by atoms with Crippen LogP contribution in [0.1, 0.15) is 13.8 Å². The highest BCUT2D eigenvalue weighted by Gasteiger charge is 2.13. The molecule has 0 amide bonds. The van der Waals surface area contributed by atoms with Crippen molar-refractivity contribution in [3.63, 3.8) is 0 Å². The van der Waals surface area contributed by atoms with Crippen LogP contribution in [0.5, 0.6) is 0 Å². The standard InChI is InChI=1S/C12H21N3O/c1-4-10(3)11-8-12(15-9-14-11)13-6-7-16-5-2/h4,8-11,13H,1,5-7H2,2-3H3,(H,14,15). The average Bonchev–Trinajstić information content (AvgIpc) is 2.34. The zero-order valence-electron chi connectivity index (χ0n) is 10.1. The molecule has 2 atom stereocenters. The van der Waals surface area contributed by atoms with Gasteiger partial charge in [-0.25, -0.2) is 4.99 Å². The third kappa shape index (κ3) is 4.06. The van der Waals surface area contributed by atoms with E-state index in [0.717, 1.165) is 19.0 Å². The molecule has 4 heteroatoms. The highest BCUT2D eigenvalue weighted by molar-refractivity contribution is 5.59. The van der Waals surface area contributed by atoms with E-state index in [0.29, 0.717) is 12.5 Å². The fourth-order valence-electron chi connectivity index (χ4n) is 1.40. The molecule has 0 aromatic carbocycles. The van der Waals surface area contributed by atoms with E-state index >= 15 is 0 Å². The van der Waals surface area contributed by atoms with E-state index in [4.69, 9.17) is 4.74 Å². The van der Waals surface area contributed by atoms with Crippen LogP contribution in [0.25, 0.3) is 0 Å². The molecule has 4 nitrogen and oxygen atoms in total. The van der Waals surface area contributed by atoms with Crippen molar-refractivity contribution in [2.75, 3.05) is 19.8 Å². The molecule has 0 aliphatic carbocycles. The van der Waals surface area contributed by atoms with Gasteiger partial charge >= 0.3 is 0 Å². The first-order chi connectivity index (χ1) is 7.77. The molecule has 1 aliphatic rings. The second-order valence-electron chi connectivity index (χ2n) is 3.72. The van der Waals surface area contributed by atoms with Crippen LogP contribution in [0.4, 0.5) is 0 Å². The van der Waals surface area contributed by atoms with Crippen molar-refractivity contribution in [1.29, 1.82) is 0 Å². The van der Waals surface area contributed by atoms with E-state index in [-0.39, 0.29) is 6.04 Å². The minimum atomic E-state index is 0.268. The lowest BCUT2D eigenvalue weighted by Gasteiger charge is -2.22. The number of ether oxygens (including phenoxy) is 1. The van der Waals surface area contributed by atoms with Gasteiger partial charge in [0.05, 0.1) is 19.0 Å². The summed E-state index contributed by atoms with van der Waals surface area (Å²) >= 11 is 0. The van der Waals surface area contributed by atoms with Crippen LogP contribution in [-0.4, -0.2) is 32.1 Å². The van der Waals surface area contributed by atoms with Gasteiger partial charge in [0, 0.05) is 13.2 Å². The molecule has 1 heterocycles. The zero-order chi connectivity index (χ0) is 11.8. The summed E-state index contributed by atoms with van der Waals surface area (Å²) in [4.78, 5) is 4.22. The summed E-state index contributed by atoms with van der Waals surface area (Å²) in [5.41, 5.74) is 0. The van der Waals surface area contributed by atoms with Gasteiger partial charge in [-0.3, -0.25) is 0 Å². The number of hydrogen-bond acceptors (Lipinski definition) is 4. The minimum absolute atomic E-state index is 0.268. The summed E-state index contributed by atoms with van der Waals surface area (Å²) in [5, 5.41) is 6.42. The molecule has 2 unspecified atom stereocenters. The van der Waals surface area contributed by atoms with Crippen molar-refractivity contribution in [3.05, 3.63) is 24.6 Å². The molecular formula is C12H21N3O. The van der Waals surface area contributed by atoms with Gasteiger partial charge in [0.25, 0.3) is 0 Å². The Morgan fingerprint density at radius 3 is 3.25 bits per heavy atom. The van der Waals surface area contributed by atoms with Crippen LogP contribution in [0, 0.1) is 5.92 Å². The van der Waals surface area contributed by atoms with E-state index in [1.165, 1.54) is 0 Å². The monoisotopic (exact) mass is 223 g/mol. The highest BCUT2D eigenvalue weighted by atomic mass is 16.5. The van der Waals surface area contributed by atoms with Gasteiger partial charge in [0.15, 0.2) is 0 Å². The number of hydrogen-bond donors (Lipinski definition) is 2. The zero-order valence-corrected chi connectivity index (χ0v) is 10.1. The number of nitrogens with zero attached hydrogens (tertiary/aromatic N) is 1. The number of nitrogens with one attached hydrogen (secondary N) is 2. The first-order valence-corrected chi connectivity index (χ1v) is 5.72. The van der Waals surface area contributed by atoms with Gasteiger partial charge in [-0.1, -0.05) is 13.0 Å². The number of aliphatic imine (C=N–C) groups is 1. The molecule has 90 valence electrons. The molecule has 2 N–H and O–H groups in total. The Balaban J connectivity index is 2.37. The van der Waals surface area contributed by atoms with E-state index in [2.05, 4.69) is 35.2 Å². The third-order valence-electron chi connectivity index (χ3n) is 2.50. The van der Waals surface area contributed by atoms with Gasteiger partial charge < -0.3 is 15.4 Å². The Morgan fingerprint density at radius 2 is 2.56 bits per heavy atom. The molecule has 0 radical (unpaired) electrons. The van der Waals surface area contributed by atoms with Crippen molar-refractivity contribution >= 4 is 6.34 Å². The lowest BCUT2D eigenvalue weighted by molar-refractivity contribution is 0.151. The third-order valence-corrected chi connectivity index (χ3v) is 2.50. The molecule has 0 aromatic rings. The Morgan fingerprint density at radius 1 is 1.75 bits per heavy atom. The van der Waals surface area contributed by atoms with Gasteiger partial charge in [0.2, 0.25) is 0 Å². The van der Waals surface area contributed by atoms with E-state index in [9.17, 15) is 0 Å². The highest BCUT2D eigenvalue weighted by Crippen LogP contribution is 2.09. The van der Waals surface area contributed by atoms with Gasteiger partial charge in [-0.05, 0) is 18.9 Å². The summed E-state index contributed by atoms with van der Waals surface area (Å²) in [6, 6.07) is 0.268. The predicted molar refractivity (Wildman–Crippen MR) is 67.4 cm³/mol. The molecule has 0 saturated heterocycles. The molecule has 1 rings (SSSR count). The van der Waals surface area contributed by atoms with Crippen molar-refractivity contribution in [2.24, 2.45) is 10.9 Å². The Labute approximate surface area is 97.5 Å². The molecule has 16 heavy (non-hydrogen) atoms. The van der Waals surface area contributed by atoms with Crippen LogP contribution in [0.3, 0.4) is 0 Å². The van der Waals surface area contributed by atoms with E-state index in [1.54, 1.807) is 6.34 Å². The molecule has 0 fully saturated rings. The van der Waals surface area contributed by atoms with Crippen LogP contribution in [-0.2, 0) is 4.74 Å². The van der Waals surface area contributed by atoms with Gasteiger partial charge in [-0.15, -0.1) is 6.58 Å². The van der Waals surface area contributed by atoms with Crippen LogP contribution < -0.4 is 10.6 Å². The average molecular weight is 223 g/mol. The molecule has 0 aromatic heterocycles. The van der Waals surface area contributed by atoms with Crippen LogP contribution in [0.2, 0.25) is 0 Å². The van der Waals surface area contributed by atoms with Gasteiger partial charge in [-0.2, -0.15) is 0 Å². The Kier molecular flexibility index (Phi) is 5.64. The fourth-order valence-corrected chi connectivity index (χ4v) is 1.40. The minimum Gasteiger partial charge on any atom is -0.380 e. The summed E-state index contributed by atoms with van der Waals surface area (Å²) in [6.07, 6.45) is 5.75. The van der Waals surface area contributed by atoms with Crippen molar-refractivity contribution in [2.45, 2.75) is 19.9 Å². The molecule has 1 aliphatic heterocycles. The molecule has 0 saturated carbocycles. The quantitative estimate of drug-likeness (QED) is 0.505. The fraction of sp³-hybridized carbons (Fsp3) is 0.583. The van der Waals surface area contributed by atoms with E-state index in [1.807, 2.05) is 13.0 Å². The first kappa shape index (κ1) is 12.8. The topological polar surface area (TPSA) is 45.6 Å². The second-order valence-corrected chi connectivity index (χ2v) is 3.72. The SMILES string of the molecule is C=CC(C)C1C=C(NCCOCC)N=CN1. The maximum absolute atomic E-state index is 5.25. The van der Waals surface area contributed by atoms with Crippen LogP contribution >= 0.6 is 0 Å². The van der Waals surface area contributed by atoms with E-state index < -0.39 is 0 Å². The predicted octanol–water partition coefficient (Wildman–Crippen LogP) is 1.28. The van der Waals surface area contributed by atoms with Crippen molar-refractivity contribution in [3.8, 4) is 0 Å². The summed E-state index contributed by atoms with van der Waals surface area (Å²) in [6.45, 7) is 10.1. The summed E-state index contributed by atoms with van der Waals surface area (Å²) in [5.74, 6) is 1.28. The first-order valence-electron chi connectivity index (χ1n) is 5.72. The van der Waals surface area contributed by atoms with Crippen molar-refractivity contribution in [1.82, 2.24) is 10.6 Å². The Bertz CT molecular complexity index is 273. The lowest BCUT2D eigenvalue weighted by Crippen LogP contribution is -2.36. The number of rotatable bonds is 7.